The molecule has 0 radical (unpaired) electrons. The third-order valence-corrected chi connectivity index (χ3v) is 3.34. The number of pyridine rings is 1. The summed E-state index contributed by atoms with van der Waals surface area (Å²) in [5, 5.41) is 0. The Kier molecular flexibility index (Phi) is 2.82. The molecule has 2 aromatic heterocycles. The van der Waals surface area contributed by atoms with Crippen LogP contribution in [0.4, 0.5) is 0 Å². The highest BCUT2D eigenvalue weighted by molar-refractivity contribution is 5.47. The lowest BCUT2D eigenvalue weighted by Gasteiger charge is -2.08. The molecule has 0 amide bonds. The van der Waals surface area contributed by atoms with Crippen molar-refractivity contribution in [3.8, 4) is 0 Å². The molecule has 2 aromatic rings. The summed E-state index contributed by atoms with van der Waals surface area (Å²) >= 11 is 0. The lowest BCUT2D eigenvalue weighted by atomic mass is 10.2. The molecular weight excluding hydrogens is 214 g/mol. The molecule has 3 rings (SSSR count). The highest BCUT2D eigenvalue weighted by atomic mass is 16.5. The zero-order chi connectivity index (χ0) is 11.7. The maximum absolute atomic E-state index is 5.66. The molecule has 1 aliphatic rings. The van der Waals surface area contributed by atoms with Gasteiger partial charge in [0.1, 0.15) is 5.82 Å². The Morgan fingerprint density at radius 3 is 3.18 bits per heavy atom. The zero-order valence-electron chi connectivity index (χ0n) is 9.80. The summed E-state index contributed by atoms with van der Waals surface area (Å²) in [4.78, 5) is 4.48. The topological polar surface area (TPSA) is 52.5 Å². The Morgan fingerprint density at radius 2 is 2.41 bits per heavy atom. The van der Waals surface area contributed by atoms with Crippen molar-refractivity contribution in [3.05, 3.63) is 35.9 Å². The van der Waals surface area contributed by atoms with Crippen LogP contribution in [0.3, 0.4) is 0 Å². The van der Waals surface area contributed by atoms with E-state index in [4.69, 9.17) is 10.5 Å². The Hall–Kier alpha value is -1.39. The summed E-state index contributed by atoms with van der Waals surface area (Å²) in [6, 6.07) is 4.11. The van der Waals surface area contributed by atoms with Crippen molar-refractivity contribution in [2.24, 2.45) is 5.73 Å². The fraction of sp³-hybridized carbons (Fsp3) is 0.462. The monoisotopic (exact) mass is 231 g/mol. The summed E-state index contributed by atoms with van der Waals surface area (Å²) in [6.45, 7) is 1.45. The van der Waals surface area contributed by atoms with Crippen LogP contribution in [0.25, 0.3) is 5.52 Å². The number of hydrogen-bond acceptors (Lipinski definition) is 3. The van der Waals surface area contributed by atoms with Gasteiger partial charge in [0.2, 0.25) is 0 Å². The molecule has 2 N–H and O–H groups in total. The molecular formula is C13H17N3O. The Balaban J connectivity index is 1.92. The van der Waals surface area contributed by atoms with Gasteiger partial charge in [0.05, 0.1) is 17.8 Å². The van der Waals surface area contributed by atoms with Crippen molar-refractivity contribution >= 4 is 5.52 Å². The van der Waals surface area contributed by atoms with E-state index >= 15 is 0 Å². The molecule has 1 atom stereocenters. The molecule has 0 saturated carbocycles. The van der Waals surface area contributed by atoms with Crippen molar-refractivity contribution in [2.75, 3.05) is 6.61 Å². The SMILES string of the molecule is NCc1ccc2cnc(CC3CCCO3)n2c1. The van der Waals surface area contributed by atoms with Gasteiger partial charge in [-0.2, -0.15) is 0 Å². The third kappa shape index (κ3) is 2.06. The zero-order valence-corrected chi connectivity index (χ0v) is 9.80. The van der Waals surface area contributed by atoms with Gasteiger partial charge >= 0.3 is 0 Å². The van der Waals surface area contributed by atoms with Crippen molar-refractivity contribution in [2.45, 2.75) is 31.9 Å². The first kappa shape index (κ1) is 10.7. The lowest BCUT2D eigenvalue weighted by molar-refractivity contribution is 0.110. The second-order valence-corrected chi connectivity index (χ2v) is 4.55. The minimum atomic E-state index is 0.335. The van der Waals surface area contributed by atoms with E-state index in [-0.39, 0.29) is 0 Å². The molecule has 4 heteroatoms. The number of imidazole rings is 1. The molecule has 3 heterocycles. The maximum Gasteiger partial charge on any atom is 0.115 e. The van der Waals surface area contributed by atoms with Crippen LogP contribution in [-0.2, 0) is 17.7 Å². The number of fused-ring (bicyclic) bond motifs is 1. The first-order valence-corrected chi connectivity index (χ1v) is 6.13. The van der Waals surface area contributed by atoms with E-state index in [2.05, 4.69) is 21.6 Å². The standard InChI is InChI=1S/C13H17N3O/c14-7-10-3-4-11-8-15-13(16(11)9-10)6-12-2-1-5-17-12/h3-4,8-9,12H,1-2,5-7,14H2. The molecule has 90 valence electrons. The highest BCUT2D eigenvalue weighted by Crippen LogP contribution is 2.18. The highest BCUT2D eigenvalue weighted by Gasteiger charge is 2.18. The molecule has 4 nitrogen and oxygen atoms in total. The molecule has 0 aromatic carbocycles. The third-order valence-electron chi connectivity index (χ3n) is 3.34. The summed E-state index contributed by atoms with van der Waals surface area (Å²) in [5.74, 6) is 1.07. The van der Waals surface area contributed by atoms with E-state index in [0.29, 0.717) is 12.6 Å². The van der Waals surface area contributed by atoms with Crippen LogP contribution in [-0.4, -0.2) is 22.1 Å². The van der Waals surface area contributed by atoms with Gasteiger partial charge in [-0.3, -0.25) is 0 Å². The molecule has 0 aliphatic carbocycles. The van der Waals surface area contributed by atoms with Crippen LogP contribution < -0.4 is 5.73 Å². The van der Waals surface area contributed by atoms with Gasteiger partial charge in [-0.05, 0) is 24.5 Å². The second kappa shape index (κ2) is 4.47. The van der Waals surface area contributed by atoms with Gasteiger partial charge in [0, 0.05) is 25.8 Å². The largest absolute Gasteiger partial charge is 0.378 e. The van der Waals surface area contributed by atoms with Crippen LogP contribution >= 0.6 is 0 Å². The van der Waals surface area contributed by atoms with Crippen molar-refractivity contribution in [1.29, 1.82) is 0 Å². The van der Waals surface area contributed by atoms with Crippen molar-refractivity contribution in [1.82, 2.24) is 9.38 Å². The molecule has 0 spiro atoms. The number of rotatable bonds is 3. The molecule has 1 unspecified atom stereocenters. The van der Waals surface area contributed by atoms with Gasteiger partial charge in [-0.25, -0.2) is 4.98 Å². The van der Waals surface area contributed by atoms with Gasteiger partial charge < -0.3 is 14.9 Å². The Morgan fingerprint density at radius 1 is 1.47 bits per heavy atom. The number of ether oxygens (including phenoxy) is 1. The molecule has 0 bridgehead atoms. The van der Waals surface area contributed by atoms with Crippen molar-refractivity contribution in [3.63, 3.8) is 0 Å². The first-order chi connectivity index (χ1) is 8.36. The lowest BCUT2D eigenvalue weighted by Crippen LogP contribution is -2.11. The van der Waals surface area contributed by atoms with E-state index in [9.17, 15) is 0 Å². The second-order valence-electron chi connectivity index (χ2n) is 4.55. The van der Waals surface area contributed by atoms with E-state index < -0.39 is 0 Å². The van der Waals surface area contributed by atoms with Crippen LogP contribution in [0.5, 0.6) is 0 Å². The van der Waals surface area contributed by atoms with Gasteiger partial charge in [0.15, 0.2) is 0 Å². The predicted molar refractivity (Wildman–Crippen MR) is 65.8 cm³/mol. The summed E-state index contributed by atoms with van der Waals surface area (Å²) < 4.78 is 7.78. The normalized spacial score (nSPS) is 20.2. The Bertz CT molecular complexity index is 514. The van der Waals surface area contributed by atoms with Gasteiger partial charge in [0.25, 0.3) is 0 Å². The average Bonchev–Trinajstić information content (AvgIpc) is 2.99. The van der Waals surface area contributed by atoms with Gasteiger partial charge in [-0.1, -0.05) is 6.07 Å². The average molecular weight is 231 g/mol. The summed E-state index contributed by atoms with van der Waals surface area (Å²) in [7, 11) is 0. The number of hydrogen-bond donors (Lipinski definition) is 1. The van der Waals surface area contributed by atoms with Crippen LogP contribution in [0, 0.1) is 0 Å². The minimum absolute atomic E-state index is 0.335. The fourth-order valence-electron chi connectivity index (χ4n) is 2.37. The molecule has 1 saturated heterocycles. The molecule has 1 aliphatic heterocycles. The molecule has 17 heavy (non-hydrogen) atoms. The van der Waals surface area contributed by atoms with E-state index in [1.807, 2.05) is 12.3 Å². The number of nitrogens with zero attached hydrogens (tertiary/aromatic N) is 2. The Labute approximate surface area is 100 Å². The quantitative estimate of drug-likeness (QED) is 0.871. The van der Waals surface area contributed by atoms with E-state index in [1.54, 1.807) is 0 Å². The van der Waals surface area contributed by atoms with Crippen LogP contribution in [0.1, 0.15) is 24.2 Å². The predicted octanol–water partition coefficient (Wildman–Crippen LogP) is 1.51. The van der Waals surface area contributed by atoms with Gasteiger partial charge in [-0.15, -0.1) is 0 Å². The van der Waals surface area contributed by atoms with Crippen LogP contribution in [0.2, 0.25) is 0 Å². The fourth-order valence-corrected chi connectivity index (χ4v) is 2.37. The van der Waals surface area contributed by atoms with Crippen LogP contribution in [0.15, 0.2) is 24.5 Å². The van der Waals surface area contributed by atoms with Crippen molar-refractivity contribution < 1.29 is 4.74 Å². The summed E-state index contributed by atoms with van der Waals surface area (Å²) in [5.41, 5.74) is 7.91. The maximum atomic E-state index is 5.66. The molecule has 1 fully saturated rings. The smallest absolute Gasteiger partial charge is 0.115 e. The first-order valence-electron chi connectivity index (χ1n) is 6.13. The van der Waals surface area contributed by atoms with E-state index in [0.717, 1.165) is 36.4 Å². The summed E-state index contributed by atoms with van der Waals surface area (Å²) in [6.07, 6.45) is 7.52. The number of nitrogens with two attached hydrogens (primary N) is 1. The minimum Gasteiger partial charge on any atom is -0.378 e. The number of aromatic nitrogens is 2. The van der Waals surface area contributed by atoms with E-state index in [1.165, 1.54) is 6.42 Å².